The van der Waals surface area contributed by atoms with Gasteiger partial charge in [-0.2, -0.15) is 5.26 Å². The summed E-state index contributed by atoms with van der Waals surface area (Å²) in [4.78, 5) is 1.99. The van der Waals surface area contributed by atoms with E-state index in [4.69, 9.17) is 0 Å². The lowest BCUT2D eigenvalue weighted by Gasteiger charge is -2.22. The Hall–Kier alpha value is -2.11. The van der Waals surface area contributed by atoms with E-state index < -0.39 is 0 Å². The standard InChI is InChI=1S/C16H16N2/c1-3-11-18(2)16(12-17)15-10-6-8-13-7-4-5-9-14(13)15/h3-10,16H,1,11H2,2H3. The highest BCUT2D eigenvalue weighted by Crippen LogP contribution is 2.27. The minimum absolute atomic E-state index is 0.242. The third-order valence-corrected chi connectivity index (χ3v) is 3.10. The van der Waals surface area contributed by atoms with E-state index in [2.05, 4.69) is 30.8 Å². The summed E-state index contributed by atoms with van der Waals surface area (Å²) in [5, 5.41) is 11.7. The zero-order valence-electron chi connectivity index (χ0n) is 10.5. The molecule has 1 unspecified atom stereocenters. The molecule has 18 heavy (non-hydrogen) atoms. The molecule has 0 heterocycles. The second-order valence-corrected chi connectivity index (χ2v) is 4.33. The molecule has 2 nitrogen and oxygen atoms in total. The molecular formula is C16H16N2. The van der Waals surface area contributed by atoms with Crippen LogP contribution in [0.25, 0.3) is 10.8 Å². The summed E-state index contributed by atoms with van der Waals surface area (Å²) >= 11 is 0. The molecular weight excluding hydrogens is 220 g/mol. The van der Waals surface area contributed by atoms with Gasteiger partial charge in [-0.05, 0) is 23.4 Å². The first-order valence-corrected chi connectivity index (χ1v) is 5.96. The minimum Gasteiger partial charge on any atom is -0.284 e. The summed E-state index contributed by atoms with van der Waals surface area (Å²) in [5.41, 5.74) is 1.06. The highest BCUT2D eigenvalue weighted by atomic mass is 15.1. The van der Waals surface area contributed by atoms with Crippen LogP contribution in [0.4, 0.5) is 0 Å². The van der Waals surface area contributed by atoms with Gasteiger partial charge in [0, 0.05) is 6.54 Å². The fraction of sp³-hybridized carbons (Fsp3) is 0.188. The molecule has 2 heteroatoms. The van der Waals surface area contributed by atoms with Gasteiger partial charge in [-0.3, -0.25) is 4.90 Å². The molecule has 0 amide bonds. The van der Waals surface area contributed by atoms with Gasteiger partial charge in [-0.1, -0.05) is 48.5 Å². The molecule has 2 rings (SSSR count). The molecule has 0 fully saturated rings. The monoisotopic (exact) mass is 236 g/mol. The maximum Gasteiger partial charge on any atom is 0.124 e. The highest BCUT2D eigenvalue weighted by Gasteiger charge is 2.17. The van der Waals surface area contributed by atoms with E-state index in [-0.39, 0.29) is 6.04 Å². The van der Waals surface area contributed by atoms with Crippen LogP contribution < -0.4 is 0 Å². The Labute approximate surface area is 108 Å². The molecule has 2 aromatic carbocycles. The largest absolute Gasteiger partial charge is 0.284 e. The topological polar surface area (TPSA) is 27.0 Å². The number of fused-ring (bicyclic) bond motifs is 1. The molecule has 1 atom stereocenters. The van der Waals surface area contributed by atoms with E-state index in [0.29, 0.717) is 6.54 Å². The van der Waals surface area contributed by atoms with Crippen LogP contribution in [0.1, 0.15) is 11.6 Å². The van der Waals surface area contributed by atoms with Crippen molar-refractivity contribution >= 4 is 10.8 Å². The molecule has 0 aliphatic heterocycles. The zero-order valence-corrected chi connectivity index (χ0v) is 10.5. The second-order valence-electron chi connectivity index (χ2n) is 4.33. The average molecular weight is 236 g/mol. The number of benzene rings is 2. The van der Waals surface area contributed by atoms with Crippen LogP contribution in [0.5, 0.6) is 0 Å². The van der Waals surface area contributed by atoms with E-state index in [1.807, 2.05) is 42.3 Å². The molecule has 0 bridgehead atoms. The number of hydrogen-bond acceptors (Lipinski definition) is 2. The summed E-state index contributed by atoms with van der Waals surface area (Å²) in [6, 6.07) is 16.4. The molecule has 0 aromatic heterocycles. The number of rotatable bonds is 4. The van der Waals surface area contributed by atoms with Crippen LogP contribution in [0, 0.1) is 11.3 Å². The molecule has 0 saturated heterocycles. The van der Waals surface area contributed by atoms with Crippen molar-refractivity contribution in [3.8, 4) is 6.07 Å². The Kier molecular flexibility index (Phi) is 3.76. The van der Waals surface area contributed by atoms with Gasteiger partial charge in [0.25, 0.3) is 0 Å². The second kappa shape index (κ2) is 5.48. The Bertz CT molecular complexity index is 590. The molecule has 0 radical (unpaired) electrons. The first-order valence-electron chi connectivity index (χ1n) is 5.96. The van der Waals surface area contributed by atoms with Crippen molar-refractivity contribution in [3.05, 3.63) is 60.7 Å². The van der Waals surface area contributed by atoms with Gasteiger partial charge in [0.1, 0.15) is 6.04 Å². The maximum absolute atomic E-state index is 9.41. The zero-order chi connectivity index (χ0) is 13.0. The third kappa shape index (κ3) is 2.27. The van der Waals surface area contributed by atoms with Crippen molar-refractivity contribution in [2.45, 2.75) is 6.04 Å². The Balaban J connectivity index is 2.52. The maximum atomic E-state index is 9.41. The first-order chi connectivity index (χ1) is 8.77. The number of hydrogen-bond donors (Lipinski definition) is 0. The minimum atomic E-state index is -0.242. The highest BCUT2D eigenvalue weighted by molar-refractivity contribution is 5.86. The van der Waals surface area contributed by atoms with Crippen LogP contribution in [-0.4, -0.2) is 18.5 Å². The quantitative estimate of drug-likeness (QED) is 0.759. The lowest BCUT2D eigenvalue weighted by molar-refractivity contribution is 0.325. The summed E-state index contributed by atoms with van der Waals surface area (Å²) < 4.78 is 0. The van der Waals surface area contributed by atoms with E-state index in [0.717, 1.165) is 10.9 Å². The molecule has 0 aliphatic rings. The van der Waals surface area contributed by atoms with Gasteiger partial charge in [-0.15, -0.1) is 6.58 Å². The van der Waals surface area contributed by atoms with Crippen LogP contribution in [0.3, 0.4) is 0 Å². The van der Waals surface area contributed by atoms with Crippen LogP contribution in [0.15, 0.2) is 55.1 Å². The third-order valence-electron chi connectivity index (χ3n) is 3.10. The first kappa shape index (κ1) is 12.3. The van der Waals surface area contributed by atoms with Gasteiger partial charge >= 0.3 is 0 Å². The lowest BCUT2D eigenvalue weighted by Crippen LogP contribution is -2.23. The lowest BCUT2D eigenvalue weighted by atomic mass is 9.98. The molecule has 0 saturated carbocycles. The normalized spacial score (nSPS) is 12.3. The van der Waals surface area contributed by atoms with Gasteiger partial charge in [0.2, 0.25) is 0 Å². The number of nitrogens with zero attached hydrogens (tertiary/aromatic N) is 2. The van der Waals surface area contributed by atoms with Crippen LogP contribution >= 0.6 is 0 Å². The van der Waals surface area contributed by atoms with Gasteiger partial charge < -0.3 is 0 Å². The summed E-state index contributed by atoms with van der Waals surface area (Å²) in [6.45, 7) is 4.42. The average Bonchev–Trinajstić information content (AvgIpc) is 2.40. The van der Waals surface area contributed by atoms with Crippen molar-refractivity contribution in [2.24, 2.45) is 0 Å². The summed E-state index contributed by atoms with van der Waals surface area (Å²) in [5.74, 6) is 0. The predicted octanol–water partition coefficient (Wildman–Crippen LogP) is 3.52. The van der Waals surface area contributed by atoms with Crippen LogP contribution in [-0.2, 0) is 0 Å². The SMILES string of the molecule is C=CCN(C)C(C#N)c1cccc2ccccc12. The van der Waals surface area contributed by atoms with E-state index in [9.17, 15) is 5.26 Å². The molecule has 0 spiro atoms. The summed E-state index contributed by atoms with van der Waals surface area (Å²) in [7, 11) is 1.94. The van der Waals surface area contributed by atoms with Crippen LogP contribution in [0.2, 0.25) is 0 Å². The van der Waals surface area contributed by atoms with Crippen molar-refractivity contribution in [2.75, 3.05) is 13.6 Å². The van der Waals surface area contributed by atoms with Gasteiger partial charge in [-0.25, -0.2) is 0 Å². The Morgan fingerprint density at radius 2 is 2.00 bits per heavy atom. The van der Waals surface area contributed by atoms with Gasteiger partial charge in [0.15, 0.2) is 0 Å². The van der Waals surface area contributed by atoms with Crippen molar-refractivity contribution in [3.63, 3.8) is 0 Å². The smallest absolute Gasteiger partial charge is 0.124 e. The summed E-state index contributed by atoms with van der Waals surface area (Å²) in [6.07, 6.45) is 1.81. The number of likely N-dealkylation sites (N-methyl/N-ethyl adjacent to an activating group) is 1. The Morgan fingerprint density at radius 1 is 1.28 bits per heavy atom. The molecule has 2 aromatic rings. The van der Waals surface area contributed by atoms with Crippen molar-refractivity contribution < 1.29 is 0 Å². The van der Waals surface area contributed by atoms with E-state index in [1.165, 1.54) is 5.39 Å². The fourth-order valence-electron chi connectivity index (χ4n) is 2.20. The van der Waals surface area contributed by atoms with Crippen molar-refractivity contribution in [1.82, 2.24) is 4.90 Å². The van der Waals surface area contributed by atoms with Gasteiger partial charge in [0.05, 0.1) is 6.07 Å². The number of nitriles is 1. The van der Waals surface area contributed by atoms with E-state index >= 15 is 0 Å². The molecule has 0 aliphatic carbocycles. The Morgan fingerprint density at radius 3 is 2.72 bits per heavy atom. The van der Waals surface area contributed by atoms with Crippen molar-refractivity contribution in [1.29, 1.82) is 5.26 Å². The van der Waals surface area contributed by atoms with E-state index in [1.54, 1.807) is 0 Å². The molecule has 90 valence electrons. The fourth-order valence-corrected chi connectivity index (χ4v) is 2.20. The molecule has 0 N–H and O–H groups in total. The predicted molar refractivity (Wildman–Crippen MR) is 75.1 cm³/mol.